The number of rotatable bonds is 5. The molecule has 3 rings (SSSR count). The standard InChI is InChI=1S/C16H17NO3/c1-11-4-7-15(14(9-11)16(18)19)17(12-5-6-12)10-13-3-2-8-20-13/h2-4,7-9,12H,5-6,10H2,1H3,(H,18,19). The second-order valence-corrected chi connectivity index (χ2v) is 5.26. The van der Waals surface area contributed by atoms with E-state index in [-0.39, 0.29) is 0 Å². The van der Waals surface area contributed by atoms with E-state index in [2.05, 4.69) is 4.90 Å². The molecule has 1 aromatic heterocycles. The van der Waals surface area contributed by atoms with Gasteiger partial charge in [-0.1, -0.05) is 11.6 Å². The zero-order valence-electron chi connectivity index (χ0n) is 11.4. The molecule has 20 heavy (non-hydrogen) atoms. The molecule has 0 bridgehead atoms. The number of carbonyl (C=O) groups is 1. The molecule has 1 heterocycles. The molecule has 0 atom stereocenters. The molecule has 0 saturated heterocycles. The van der Waals surface area contributed by atoms with Crippen LogP contribution in [0, 0.1) is 6.92 Å². The number of furan rings is 1. The van der Waals surface area contributed by atoms with Crippen molar-refractivity contribution in [1.29, 1.82) is 0 Å². The van der Waals surface area contributed by atoms with Crippen LogP contribution in [0.15, 0.2) is 41.0 Å². The number of hydrogen-bond donors (Lipinski definition) is 1. The molecule has 0 radical (unpaired) electrons. The molecular formula is C16H17NO3. The summed E-state index contributed by atoms with van der Waals surface area (Å²) in [5.41, 5.74) is 2.10. The monoisotopic (exact) mass is 271 g/mol. The van der Waals surface area contributed by atoms with Crippen molar-refractivity contribution in [2.24, 2.45) is 0 Å². The molecule has 1 aliphatic carbocycles. The summed E-state index contributed by atoms with van der Waals surface area (Å²) in [5, 5.41) is 9.42. The first kappa shape index (κ1) is 12.8. The van der Waals surface area contributed by atoms with Crippen LogP contribution in [0.1, 0.15) is 34.5 Å². The fraction of sp³-hybridized carbons (Fsp3) is 0.312. The number of carboxylic acid groups (broad SMARTS) is 1. The molecule has 1 N–H and O–H groups in total. The van der Waals surface area contributed by atoms with Gasteiger partial charge in [-0.2, -0.15) is 0 Å². The van der Waals surface area contributed by atoms with Gasteiger partial charge in [-0.25, -0.2) is 4.79 Å². The molecule has 2 aromatic rings. The lowest BCUT2D eigenvalue weighted by atomic mass is 10.1. The van der Waals surface area contributed by atoms with E-state index in [9.17, 15) is 9.90 Å². The number of aryl methyl sites for hydroxylation is 1. The average Bonchev–Trinajstić information content (AvgIpc) is 3.13. The number of anilines is 1. The van der Waals surface area contributed by atoms with Crippen molar-refractivity contribution in [1.82, 2.24) is 0 Å². The van der Waals surface area contributed by atoms with Gasteiger partial charge in [-0.05, 0) is 44.0 Å². The van der Waals surface area contributed by atoms with Crippen LogP contribution in [0.3, 0.4) is 0 Å². The zero-order chi connectivity index (χ0) is 14.1. The van der Waals surface area contributed by atoms with Gasteiger partial charge in [0.05, 0.1) is 24.1 Å². The van der Waals surface area contributed by atoms with Crippen LogP contribution in [0.4, 0.5) is 5.69 Å². The highest BCUT2D eigenvalue weighted by molar-refractivity contribution is 5.94. The van der Waals surface area contributed by atoms with Gasteiger partial charge < -0.3 is 14.4 Å². The van der Waals surface area contributed by atoms with Gasteiger partial charge in [-0.15, -0.1) is 0 Å². The van der Waals surface area contributed by atoms with Gasteiger partial charge >= 0.3 is 5.97 Å². The molecule has 1 aromatic carbocycles. The number of hydrogen-bond acceptors (Lipinski definition) is 3. The Hall–Kier alpha value is -2.23. The number of carboxylic acids is 1. The minimum absolute atomic E-state index is 0.364. The lowest BCUT2D eigenvalue weighted by Crippen LogP contribution is -2.26. The molecule has 0 unspecified atom stereocenters. The van der Waals surface area contributed by atoms with Crippen molar-refractivity contribution < 1.29 is 14.3 Å². The molecule has 1 saturated carbocycles. The third-order valence-electron chi connectivity index (χ3n) is 3.59. The molecule has 0 spiro atoms. The molecule has 1 fully saturated rings. The van der Waals surface area contributed by atoms with E-state index in [0.29, 0.717) is 18.2 Å². The highest BCUT2D eigenvalue weighted by Crippen LogP contribution is 2.35. The summed E-state index contributed by atoms with van der Waals surface area (Å²) in [6.07, 6.45) is 3.86. The van der Waals surface area contributed by atoms with Crippen molar-refractivity contribution in [2.45, 2.75) is 32.4 Å². The maximum atomic E-state index is 11.5. The zero-order valence-corrected chi connectivity index (χ0v) is 11.4. The Kier molecular flexibility index (Phi) is 3.22. The van der Waals surface area contributed by atoms with E-state index in [1.165, 1.54) is 0 Å². The van der Waals surface area contributed by atoms with Crippen LogP contribution in [0.25, 0.3) is 0 Å². The first-order chi connectivity index (χ1) is 9.65. The van der Waals surface area contributed by atoms with Gasteiger partial charge in [0, 0.05) is 6.04 Å². The molecular weight excluding hydrogens is 254 g/mol. The van der Waals surface area contributed by atoms with E-state index >= 15 is 0 Å². The van der Waals surface area contributed by atoms with Crippen molar-refractivity contribution in [3.05, 3.63) is 53.5 Å². The van der Waals surface area contributed by atoms with Gasteiger partial charge in [0.2, 0.25) is 0 Å². The minimum atomic E-state index is -0.881. The van der Waals surface area contributed by atoms with E-state index < -0.39 is 5.97 Å². The lowest BCUT2D eigenvalue weighted by molar-refractivity contribution is 0.0697. The van der Waals surface area contributed by atoms with Gasteiger partial charge in [-0.3, -0.25) is 0 Å². The summed E-state index contributed by atoms with van der Waals surface area (Å²) in [5.74, 6) is -0.0254. The molecule has 0 amide bonds. The van der Waals surface area contributed by atoms with E-state index in [0.717, 1.165) is 29.9 Å². The molecule has 4 nitrogen and oxygen atoms in total. The third kappa shape index (κ3) is 2.54. The van der Waals surface area contributed by atoms with Crippen LogP contribution in [-0.2, 0) is 6.54 Å². The van der Waals surface area contributed by atoms with E-state index in [4.69, 9.17) is 4.42 Å². The molecule has 104 valence electrons. The number of aromatic carboxylic acids is 1. The summed E-state index contributed by atoms with van der Waals surface area (Å²) < 4.78 is 5.40. The van der Waals surface area contributed by atoms with E-state index in [1.807, 2.05) is 31.2 Å². The number of benzene rings is 1. The summed E-state index contributed by atoms with van der Waals surface area (Å²) in [6.45, 7) is 2.52. The Bertz CT molecular complexity index is 615. The predicted octanol–water partition coefficient (Wildman–Crippen LogP) is 3.46. The SMILES string of the molecule is Cc1ccc(N(Cc2ccco2)C2CC2)c(C(=O)O)c1. The van der Waals surface area contributed by atoms with Crippen molar-refractivity contribution >= 4 is 11.7 Å². The maximum absolute atomic E-state index is 11.5. The van der Waals surface area contributed by atoms with Crippen LogP contribution < -0.4 is 4.90 Å². The second-order valence-electron chi connectivity index (χ2n) is 5.26. The number of nitrogens with zero attached hydrogens (tertiary/aromatic N) is 1. The fourth-order valence-electron chi connectivity index (χ4n) is 2.44. The second kappa shape index (κ2) is 5.04. The fourth-order valence-corrected chi connectivity index (χ4v) is 2.44. The van der Waals surface area contributed by atoms with Gasteiger partial charge in [0.25, 0.3) is 0 Å². The molecule has 1 aliphatic rings. The normalized spacial score (nSPS) is 14.2. The topological polar surface area (TPSA) is 53.7 Å². The smallest absolute Gasteiger partial charge is 0.337 e. The Morgan fingerprint density at radius 3 is 2.80 bits per heavy atom. The summed E-state index contributed by atoms with van der Waals surface area (Å²) in [7, 11) is 0. The largest absolute Gasteiger partial charge is 0.478 e. The summed E-state index contributed by atoms with van der Waals surface area (Å²) >= 11 is 0. The van der Waals surface area contributed by atoms with Crippen LogP contribution >= 0.6 is 0 Å². The van der Waals surface area contributed by atoms with Crippen molar-refractivity contribution in [3.63, 3.8) is 0 Å². The van der Waals surface area contributed by atoms with Crippen molar-refractivity contribution in [2.75, 3.05) is 4.90 Å². The van der Waals surface area contributed by atoms with E-state index in [1.54, 1.807) is 12.3 Å². The Balaban J connectivity index is 1.97. The maximum Gasteiger partial charge on any atom is 0.337 e. The van der Waals surface area contributed by atoms with Gasteiger partial charge in [0.1, 0.15) is 5.76 Å². The minimum Gasteiger partial charge on any atom is -0.478 e. The highest BCUT2D eigenvalue weighted by Gasteiger charge is 2.32. The van der Waals surface area contributed by atoms with Crippen molar-refractivity contribution in [3.8, 4) is 0 Å². The predicted molar refractivity (Wildman–Crippen MR) is 76.1 cm³/mol. The first-order valence-electron chi connectivity index (χ1n) is 6.78. The highest BCUT2D eigenvalue weighted by atomic mass is 16.4. The average molecular weight is 271 g/mol. The van der Waals surface area contributed by atoms with Crippen LogP contribution in [-0.4, -0.2) is 17.1 Å². The lowest BCUT2D eigenvalue weighted by Gasteiger charge is -2.25. The van der Waals surface area contributed by atoms with Crippen LogP contribution in [0.2, 0.25) is 0 Å². The molecule has 0 aliphatic heterocycles. The Labute approximate surface area is 117 Å². The summed E-state index contributed by atoms with van der Waals surface area (Å²) in [6, 6.07) is 9.78. The Morgan fingerprint density at radius 2 is 2.20 bits per heavy atom. The third-order valence-corrected chi connectivity index (χ3v) is 3.59. The quantitative estimate of drug-likeness (QED) is 0.904. The Morgan fingerprint density at radius 1 is 1.40 bits per heavy atom. The van der Waals surface area contributed by atoms with Crippen LogP contribution in [0.5, 0.6) is 0 Å². The first-order valence-corrected chi connectivity index (χ1v) is 6.78. The summed E-state index contributed by atoms with van der Waals surface area (Å²) in [4.78, 5) is 13.6. The molecule has 4 heteroatoms. The van der Waals surface area contributed by atoms with Gasteiger partial charge in [0.15, 0.2) is 0 Å².